The lowest BCUT2D eigenvalue weighted by Crippen LogP contribution is -2.72. The predicted octanol–water partition coefficient (Wildman–Crippen LogP) is 3.13. The van der Waals surface area contributed by atoms with Crippen molar-refractivity contribution in [2.24, 2.45) is 0 Å². The van der Waals surface area contributed by atoms with Crippen LogP contribution < -0.4 is 15.5 Å². The van der Waals surface area contributed by atoms with Gasteiger partial charge in [0, 0.05) is 30.4 Å². The number of amides is 4. The number of aliphatic hydroxyl groups is 1. The molecule has 0 radical (unpaired) electrons. The van der Waals surface area contributed by atoms with Crippen molar-refractivity contribution in [3.05, 3.63) is 59.9 Å². The molecule has 4 amide bonds. The van der Waals surface area contributed by atoms with Crippen LogP contribution in [0.15, 0.2) is 48.5 Å². The largest absolute Gasteiger partial charge is 0.394 e. The van der Waals surface area contributed by atoms with E-state index in [0.717, 1.165) is 17.7 Å². The lowest BCUT2D eigenvalue weighted by Gasteiger charge is -2.58. The van der Waals surface area contributed by atoms with Gasteiger partial charge in [-0.2, -0.15) is 0 Å². The molecule has 30 heavy (non-hydrogen) atoms. The van der Waals surface area contributed by atoms with Gasteiger partial charge in [0.1, 0.15) is 5.82 Å². The molecule has 3 N–H and O–H groups in total. The van der Waals surface area contributed by atoms with Gasteiger partial charge in [-0.25, -0.2) is 14.0 Å². The van der Waals surface area contributed by atoms with Gasteiger partial charge in [-0.15, -0.1) is 0 Å². The molecule has 3 atom stereocenters. The van der Waals surface area contributed by atoms with Crippen LogP contribution in [-0.4, -0.2) is 53.8 Å². The second-order valence-corrected chi connectivity index (χ2v) is 7.59. The predicted molar refractivity (Wildman–Crippen MR) is 112 cm³/mol. The van der Waals surface area contributed by atoms with Crippen molar-refractivity contribution < 1.29 is 19.1 Å². The number of carbonyl (C=O) groups is 2. The Kier molecular flexibility index (Phi) is 5.59. The number of urea groups is 2. The van der Waals surface area contributed by atoms with Gasteiger partial charge in [-0.05, 0) is 36.2 Å². The van der Waals surface area contributed by atoms with Gasteiger partial charge < -0.3 is 20.6 Å². The number of nitrogens with zero attached hydrogens (tertiary/aromatic N) is 2. The molecule has 7 nitrogen and oxygen atoms in total. The topological polar surface area (TPSA) is 84.9 Å². The van der Waals surface area contributed by atoms with E-state index in [-0.39, 0.29) is 30.6 Å². The molecule has 0 saturated carbocycles. The third-order valence-corrected chi connectivity index (χ3v) is 5.77. The van der Waals surface area contributed by atoms with Crippen molar-refractivity contribution in [3.63, 3.8) is 0 Å². The molecule has 0 aliphatic carbocycles. The summed E-state index contributed by atoms with van der Waals surface area (Å²) < 4.78 is 13.5. The first-order chi connectivity index (χ1) is 14.5. The molecule has 2 aromatic carbocycles. The molecular weight excluding hydrogens is 387 g/mol. The Morgan fingerprint density at radius 2 is 1.97 bits per heavy atom. The highest BCUT2D eigenvalue weighted by atomic mass is 19.1. The fourth-order valence-corrected chi connectivity index (χ4v) is 4.44. The van der Waals surface area contributed by atoms with Crippen LogP contribution in [0.1, 0.15) is 24.8 Å². The smallest absolute Gasteiger partial charge is 0.326 e. The van der Waals surface area contributed by atoms with E-state index in [0.29, 0.717) is 18.8 Å². The van der Waals surface area contributed by atoms with Crippen molar-refractivity contribution in [2.45, 2.75) is 31.3 Å². The van der Waals surface area contributed by atoms with Crippen LogP contribution in [-0.2, 0) is 0 Å². The Morgan fingerprint density at radius 1 is 1.17 bits per heavy atom. The third kappa shape index (κ3) is 3.47. The zero-order valence-corrected chi connectivity index (χ0v) is 16.7. The second-order valence-electron chi connectivity index (χ2n) is 7.59. The minimum absolute atomic E-state index is 0.0446. The molecule has 0 spiro atoms. The zero-order valence-electron chi connectivity index (χ0n) is 16.7. The molecule has 4 rings (SSSR count). The van der Waals surface area contributed by atoms with Crippen LogP contribution >= 0.6 is 0 Å². The number of rotatable bonds is 4. The Morgan fingerprint density at radius 3 is 2.70 bits per heavy atom. The van der Waals surface area contributed by atoms with Crippen LogP contribution in [0.3, 0.4) is 0 Å². The summed E-state index contributed by atoms with van der Waals surface area (Å²) in [7, 11) is 0. The number of benzene rings is 2. The summed E-state index contributed by atoms with van der Waals surface area (Å²) >= 11 is 0. The molecule has 2 aromatic rings. The molecule has 0 aromatic heterocycles. The summed E-state index contributed by atoms with van der Waals surface area (Å²) in [5, 5.41) is 15.5. The Hall–Kier alpha value is -3.13. The van der Waals surface area contributed by atoms with E-state index < -0.39 is 11.8 Å². The molecule has 2 aliphatic rings. The molecule has 0 bridgehead atoms. The van der Waals surface area contributed by atoms with E-state index in [4.69, 9.17) is 0 Å². The van der Waals surface area contributed by atoms with Gasteiger partial charge in [0.2, 0.25) is 0 Å². The van der Waals surface area contributed by atoms with E-state index in [9.17, 15) is 19.1 Å². The lowest BCUT2D eigenvalue weighted by molar-refractivity contribution is -0.00673. The van der Waals surface area contributed by atoms with E-state index >= 15 is 0 Å². The normalized spacial score (nSPS) is 21.9. The van der Waals surface area contributed by atoms with E-state index in [2.05, 4.69) is 10.6 Å². The maximum absolute atomic E-state index is 13.5. The van der Waals surface area contributed by atoms with Crippen molar-refractivity contribution >= 4 is 23.4 Å². The highest BCUT2D eigenvalue weighted by Crippen LogP contribution is 2.48. The summed E-state index contributed by atoms with van der Waals surface area (Å²) in [6, 6.07) is 12.0. The summed E-state index contributed by atoms with van der Waals surface area (Å²) in [4.78, 5) is 28.9. The molecule has 2 aliphatic heterocycles. The quantitative estimate of drug-likeness (QED) is 0.721. The number of nitrogens with one attached hydrogen (secondary N) is 2. The minimum Gasteiger partial charge on any atom is -0.394 e. The van der Waals surface area contributed by atoms with Crippen molar-refractivity contribution in [1.82, 2.24) is 10.2 Å². The van der Waals surface area contributed by atoms with Crippen LogP contribution in [0.4, 0.5) is 25.4 Å². The number of hydrogen-bond donors (Lipinski definition) is 3. The Balaban J connectivity index is 1.62. The number of hydrogen-bond acceptors (Lipinski definition) is 3. The number of halogens is 1. The first-order valence-electron chi connectivity index (χ1n) is 10.1. The zero-order chi connectivity index (χ0) is 21.3. The number of anilines is 2. The van der Waals surface area contributed by atoms with Gasteiger partial charge in [-0.3, -0.25) is 4.90 Å². The van der Waals surface area contributed by atoms with E-state index in [1.165, 1.54) is 18.2 Å². The maximum Gasteiger partial charge on any atom is 0.326 e. The Bertz CT molecular complexity index is 953. The molecule has 1 fully saturated rings. The fraction of sp³-hybridized carbons (Fsp3) is 0.364. The highest BCUT2D eigenvalue weighted by molar-refractivity contribution is 6.03. The van der Waals surface area contributed by atoms with Gasteiger partial charge in [-0.1, -0.05) is 31.2 Å². The number of fused-ring (bicyclic) bond motifs is 3. The Labute approximate surface area is 174 Å². The second kappa shape index (κ2) is 8.31. The molecule has 8 heteroatoms. The minimum atomic E-state index is -0.435. The number of likely N-dealkylation sites (tertiary alicyclic amines) is 1. The van der Waals surface area contributed by atoms with Gasteiger partial charge >= 0.3 is 12.1 Å². The molecule has 0 unspecified atom stereocenters. The van der Waals surface area contributed by atoms with Gasteiger partial charge in [0.15, 0.2) is 0 Å². The van der Waals surface area contributed by atoms with E-state index in [1.54, 1.807) is 15.9 Å². The molecule has 2 heterocycles. The van der Waals surface area contributed by atoms with Crippen LogP contribution in [0, 0.1) is 5.82 Å². The van der Waals surface area contributed by atoms with Crippen molar-refractivity contribution in [2.75, 3.05) is 29.9 Å². The summed E-state index contributed by atoms with van der Waals surface area (Å²) in [6.07, 6.45) is 0.808. The SMILES string of the molecule is CCCNC(=O)N1[C@H](CO)[C@@H]2c3ccccc3N(C(=O)Nc3cccc(F)c3)C[C@@H]21. The average Bonchev–Trinajstić information content (AvgIpc) is 2.72. The average molecular weight is 412 g/mol. The number of aliphatic hydroxyl groups excluding tert-OH is 1. The summed E-state index contributed by atoms with van der Waals surface area (Å²) in [5.41, 5.74) is 2.01. The van der Waals surface area contributed by atoms with Gasteiger partial charge in [0.25, 0.3) is 0 Å². The van der Waals surface area contributed by atoms with E-state index in [1.807, 2.05) is 31.2 Å². The molecule has 1 saturated heterocycles. The van der Waals surface area contributed by atoms with Crippen molar-refractivity contribution in [3.8, 4) is 0 Å². The summed E-state index contributed by atoms with van der Waals surface area (Å²) in [5.74, 6) is -0.479. The first kappa shape index (κ1) is 20.2. The third-order valence-electron chi connectivity index (χ3n) is 5.77. The number of carbonyl (C=O) groups excluding carboxylic acids is 2. The van der Waals surface area contributed by atoms with Crippen molar-refractivity contribution in [1.29, 1.82) is 0 Å². The first-order valence-corrected chi connectivity index (χ1v) is 10.1. The highest BCUT2D eigenvalue weighted by Gasteiger charge is 2.55. The monoisotopic (exact) mass is 412 g/mol. The molecular formula is C22H25FN4O3. The standard InChI is InChI=1S/C22H25FN4O3/c1-2-10-24-21(29)27-18-12-26(22(30)25-15-7-5-6-14(23)11-15)17-9-4-3-8-16(17)20(18)19(27)13-28/h3-9,11,18-20,28H,2,10,12-13H2,1H3,(H,24,29)(H,25,30)/t18-,19+,20+/m0/s1. The maximum atomic E-state index is 13.5. The van der Waals surface area contributed by atoms with Gasteiger partial charge in [0.05, 0.1) is 18.7 Å². The van der Waals surface area contributed by atoms with Crippen LogP contribution in [0.5, 0.6) is 0 Å². The number of para-hydroxylation sites is 1. The fourth-order valence-electron chi connectivity index (χ4n) is 4.44. The summed E-state index contributed by atoms with van der Waals surface area (Å²) in [6.45, 7) is 2.66. The molecule has 158 valence electrons. The van der Waals surface area contributed by atoms with Crippen LogP contribution in [0.25, 0.3) is 0 Å². The van der Waals surface area contributed by atoms with Crippen LogP contribution in [0.2, 0.25) is 0 Å². The lowest BCUT2D eigenvalue weighted by atomic mass is 9.72.